The first kappa shape index (κ1) is 13.1. The van der Waals surface area contributed by atoms with Gasteiger partial charge in [-0.15, -0.1) is 0 Å². The van der Waals surface area contributed by atoms with Crippen molar-refractivity contribution in [3.05, 3.63) is 57.4 Å². The minimum absolute atomic E-state index is 0.221. The van der Waals surface area contributed by atoms with Crippen LogP contribution >= 0.6 is 0 Å². The fourth-order valence-electron chi connectivity index (χ4n) is 2.82. The Morgan fingerprint density at radius 3 is 2.80 bits per heavy atom. The summed E-state index contributed by atoms with van der Waals surface area (Å²) in [5, 5.41) is 0. The highest BCUT2D eigenvalue weighted by Gasteiger charge is 2.49. The zero-order valence-corrected chi connectivity index (χ0v) is 11.3. The molecular weight excluding hydrogens is 260 g/mol. The summed E-state index contributed by atoms with van der Waals surface area (Å²) in [6, 6.07) is 0.972. The van der Waals surface area contributed by atoms with Crippen molar-refractivity contribution in [2.45, 2.75) is 37.9 Å². The molecule has 6 heteroatoms. The van der Waals surface area contributed by atoms with Gasteiger partial charge in [-0.3, -0.25) is 14.3 Å². The predicted octanol–water partition coefficient (Wildman–Crippen LogP) is 0.724. The maximum Gasteiger partial charge on any atom is 0.328 e. The molecule has 3 atom stereocenters. The van der Waals surface area contributed by atoms with E-state index in [0.29, 0.717) is 0 Å². The molecule has 1 N–H and O–H groups in total. The SMILES string of the molecule is C=CC1=C[C@H]2OC(C)(C)O[C@H]2[C@@H]1n1ccc(=O)[nH]c1=O. The van der Waals surface area contributed by atoms with Crippen LogP contribution in [0.15, 0.2) is 46.2 Å². The van der Waals surface area contributed by atoms with Crippen molar-refractivity contribution in [3.8, 4) is 0 Å². The molecule has 1 aromatic heterocycles. The van der Waals surface area contributed by atoms with Gasteiger partial charge in [0.2, 0.25) is 0 Å². The maximum absolute atomic E-state index is 12.0. The zero-order chi connectivity index (χ0) is 14.5. The van der Waals surface area contributed by atoms with E-state index in [-0.39, 0.29) is 18.2 Å². The summed E-state index contributed by atoms with van der Waals surface area (Å²) in [5.41, 5.74) is -0.0392. The summed E-state index contributed by atoms with van der Waals surface area (Å²) in [4.78, 5) is 25.4. The first-order chi connectivity index (χ1) is 9.41. The minimum atomic E-state index is -0.692. The van der Waals surface area contributed by atoms with Crippen LogP contribution in [-0.4, -0.2) is 27.5 Å². The Morgan fingerprint density at radius 1 is 1.40 bits per heavy atom. The van der Waals surface area contributed by atoms with Crippen LogP contribution in [-0.2, 0) is 9.47 Å². The van der Waals surface area contributed by atoms with Gasteiger partial charge in [-0.05, 0) is 25.5 Å². The highest BCUT2D eigenvalue weighted by atomic mass is 16.8. The number of aromatic nitrogens is 2. The molecule has 106 valence electrons. The third kappa shape index (κ3) is 1.97. The summed E-state index contributed by atoms with van der Waals surface area (Å²) in [6.45, 7) is 7.43. The molecule has 0 aromatic carbocycles. The second kappa shape index (κ2) is 4.29. The molecule has 6 nitrogen and oxygen atoms in total. The number of rotatable bonds is 2. The van der Waals surface area contributed by atoms with Crippen molar-refractivity contribution in [3.63, 3.8) is 0 Å². The summed E-state index contributed by atoms with van der Waals surface area (Å²) in [5.74, 6) is -0.692. The van der Waals surface area contributed by atoms with Crippen LogP contribution < -0.4 is 11.2 Å². The van der Waals surface area contributed by atoms with Gasteiger partial charge in [-0.2, -0.15) is 0 Å². The van der Waals surface area contributed by atoms with Crippen LogP contribution in [0.3, 0.4) is 0 Å². The molecule has 3 rings (SSSR count). The van der Waals surface area contributed by atoms with E-state index in [1.807, 2.05) is 19.9 Å². The lowest BCUT2D eigenvalue weighted by Crippen LogP contribution is -2.37. The molecule has 20 heavy (non-hydrogen) atoms. The Balaban J connectivity index is 2.07. The van der Waals surface area contributed by atoms with Crippen molar-refractivity contribution in [2.75, 3.05) is 0 Å². The van der Waals surface area contributed by atoms with Gasteiger partial charge in [0.05, 0.1) is 6.04 Å². The standard InChI is InChI=1S/C14H16N2O4/c1-4-8-7-9-12(20-14(2,3)19-9)11(8)16-6-5-10(17)15-13(16)18/h4-7,9,11-12H,1H2,2-3H3,(H,15,17,18)/t9-,11-,12-/m1/s1. The molecule has 0 radical (unpaired) electrons. The Labute approximate surface area is 115 Å². The van der Waals surface area contributed by atoms with Crippen molar-refractivity contribution < 1.29 is 9.47 Å². The lowest BCUT2D eigenvalue weighted by Gasteiger charge is -2.24. The number of nitrogens with zero attached hydrogens (tertiary/aromatic N) is 1. The van der Waals surface area contributed by atoms with Crippen LogP contribution in [0.25, 0.3) is 0 Å². The Bertz CT molecular complexity index is 698. The number of hydrogen-bond acceptors (Lipinski definition) is 4. The third-order valence-corrected chi connectivity index (χ3v) is 3.56. The van der Waals surface area contributed by atoms with Gasteiger partial charge in [-0.1, -0.05) is 12.7 Å². The molecule has 2 aliphatic rings. The monoisotopic (exact) mass is 276 g/mol. The molecule has 0 amide bonds. The van der Waals surface area contributed by atoms with Gasteiger partial charge >= 0.3 is 5.69 Å². The van der Waals surface area contributed by atoms with Crippen LogP contribution in [0, 0.1) is 0 Å². The summed E-state index contributed by atoms with van der Waals surface area (Å²) < 4.78 is 13.1. The van der Waals surface area contributed by atoms with E-state index in [2.05, 4.69) is 11.6 Å². The number of fused-ring (bicyclic) bond motifs is 1. The van der Waals surface area contributed by atoms with Crippen molar-refractivity contribution >= 4 is 0 Å². The quantitative estimate of drug-likeness (QED) is 0.864. The highest BCUT2D eigenvalue weighted by molar-refractivity contribution is 5.33. The van der Waals surface area contributed by atoms with E-state index in [0.717, 1.165) is 5.57 Å². The second-order valence-corrected chi connectivity index (χ2v) is 5.40. The van der Waals surface area contributed by atoms with Crippen LogP contribution in [0.2, 0.25) is 0 Å². The average molecular weight is 276 g/mol. The fraction of sp³-hybridized carbons (Fsp3) is 0.429. The Hall–Kier alpha value is -1.92. The molecule has 0 unspecified atom stereocenters. The topological polar surface area (TPSA) is 73.3 Å². The second-order valence-electron chi connectivity index (χ2n) is 5.40. The van der Waals surface area contributed by atoms with Crippen molar-refractivity contribution in [1.82, 2.24) is 9.55 Å². The molecule has 1 saturated heterocycles. The molecule has 1 aliphatic carbocycles. The van der Waals surface area contributed by atoms with Gasteiger partial charge in [0.25, 0.3) is 5.56 Å². The van der Waals surface area contributed by atoms with Gasteiger partial charge < -0.3 is 9.47 Å². The fourth-order valence-corrected chi connectivity index (χ4v) is 2.82. The summed E-state index contributed by atoms with van der Waals surface area (Å²) in [6.07, 6.45) is 4.54. The van der Waals surface area contributed by atoms with E-state index >= 15 is 0 Å². The van der Waals surface area contributed by atoms with E-state index in [1.54, 1.807) is 6.08 Å². The number of aromatic amines is 1. The Kier molecular flexibility index (Phi) is 2.81. The van der Waals surface area contributed by atoms with E-state index in [1.165, 1.54) is 16.8 Å². The lowest BCUT2D eigenvalue weighted by molar-refractivity contribution is -0.147. The first-order valence-electron chi connectivity index (χ1n) is 6.42. The summed E-state index contributed by atoms with van der Waals surface area (Å²) >= 11 is 0. The smallest absolute Gasteiger partial charge is 0.328 e. The van der Waals surface area contributed by atoms with Gasteiger partial charge in [0, 0.05) is 12.3 Å². The number of allylic oxidation sites excluding steroid dienone is 1. The maximum atomic E-state index is 12.0. The number of nitrogens with one attached hydrogen (secondary N) is 1. The lowest BCUT2D eigenvalue weighted by atomic mass is 10.1. The minimum Gasteiger partial charge on any atom is -0.342 e. The molecule has 0 spiro atoms. The molecule has 1 aromatic rings. The third-order valence-electron chi connectivity index (χ3n) is 3.56. The molecule has 1 fully saturated rings. The molecule has 0 bridgehead atoms. The highest BCUT2D eigenvalue weighted by Crippen LogP contribution is 2.42. The number of ether oxygens (including phenoxy) is 2. The number of hydrogen-bond donors (Lipinski definition) is 1. The first-order valence-corrected chi connectivity index (χ1v) is 6.42. The van der Waals surface area contributed by atoms with Crippen molar-refractivity contribution in [2.24, 2.45) is 0 Å². The predicted molar refractivity (Wildman–Crippen MR) is 72.5 cm³/mol. The number of H-pyrrole nitrogens is 1. The normalized spacial score (nSPS) is 30.9. The van der Waals surface area contributed by atoms with E-state index in [9.17, 15) is 9.59 Å². The molecule has 1 aliphatic heterocycles. The van der Waals surface area contributed by atoms with Crippen LogP contribution in [0.5, 0.6) is 0 Å². The molecule has 0 saturated carbocycles. The van der Waals surface area contributed by atoms with Crippen molar-refractivity contribution in [1.29, 1.82) is 0 Å². The summed E-state index contributed by atoms with van der Waals surface area (Å²) in [7, 11) is 0. The largest absolute Gasteiger partial charge is 0.342 e. The van der Waals surface area contributed by atoms with Crippen LogP contribution in [0.4, 0.5) is 0 Å². The average Bonchev–Trinajstić information content (AvgIpc) is 2.81. The van der Waals surface area contributed by atoms with E-state index < -0.39 is 17.0 Å². The van der Waals surface area contributed by atoms with E-state index in [4.69, 9.17) is 9.47 Å². The Morgan fingerprint density at radius 2 is 2.15 bits per heavy atom. The molecule has 2 heterocycles. The van der Waals surface area contributed by atoms with Gasteiger partial charge in [0.15, 0.2) is 5.79 Å². The van der Waals surface area contributed by atoms with Gasteiger partial charge in [-0.25, -0.2) is 4.79 Å². The zero-order valence-electron chi connectivity index (χ0n) is 11.3. The van der Waals surface area contributed by atoms with Gasteiger partial charge in [0.1, 0.15) is 12.2 Å². The van der Waals surface area contributed by atoms with Crippen LogP contribution in [0.1, 0.15) is 19.9 Å². The molecular formula is C14H16N2O4.